The lowest BCUT2D eigenvalue weighted by atomic mass is 10.4. The fraction of sp³-hybridized carbons (Fsp3) is 0.273. The van der Waals surface area contributed by atoms with Crippen LogP contribution in [0.2, 0.25) is 0 Å². The second-order valence-electron chi connectivity index (χ2n) is 3.91. The highest BCUT2D eigenvalue weighted by Gasteiger charge is 2.18. The maximum atomic E-state index is 12.1. The van der Waals surface area contributed by atoms with E-state index in [9.17, 15) is 8.42 Å². The molecule has 0 saturated carbocycles. The SMILES string of the molecule is CCn1cnc(S(=O)(=O)Nc2ccc(Br)c(C)n2)c1. The number of sulfonamides is 1. The smallest absolute Gasteiger partial charge is 0.282 e. The Hall–Kier alpha value is -1.41. The van der Waals surface area contributed by atoms with E-state index in [2.05, 4.69) is 30.6 Å². The molecule has 2 rings (SSSR count). The second-order valence-corrected chi connectivity index (χ2v) is 6.40. The summed E-state index contributed by atoms with van der Waals surface area (Å²) in [5, 5.41) is -0.0169. The van der Waals surface area contributed by atoms with E-state index in [1.54, 1.807) is 23.6 Å². The van der Waals surface area contributed by atoms with Crippen molar-refractivity contribution in [2.45, 2.75) is 25.4 Å². The number of aryl methyl sites for hydroxylation is 2. The molecule has 0 fully saturated rings. The third kappa shape index (κ3) is 3.13. The van der Waals surface area contributed by atoms with Gasteiger partial charge in [0.2, 0.25) is 0 Å². The van der Waals surface area contributed by atoms with Gasteiger partial charge in [-0.05, 0) is 41.9 Å². The quantitative estimate of drug-likeness (QED) is 0.921. The first-order valence-electron chi connectivity index (χ1n) is 5.60. The van der Waals surface area contributed by atoms with Gasteiger partial charge in [0, 0.05) is 17.2 Å². The van der Waals surface area contributed by atoms with Gasteiger partial charge >= 0.3 is 0 Å². The molecule has 1 N–H and O–H groups in total. The minimum Gasteiger partial charge on any atom is -0.336 e. The van der Waals surface area contributed by atoms with Crippen molar-refractivity contribution in [2.75, 3.05) is 4.72 Å². The predicted molar refractivity (Wildman–Crippen MR) is 75.4 cm³/mol. The molecule has 0 aliphatic rings. The molecule has 0 atom stereocenters. The summed E-state index contributed by atoms with van der Waals surface area (Å²) < 4.78 is 29.1. The van der Waals surface area contributed by atoms with Crippen LogP contribution in [0.15, 0.2) is 34.2 Å². The van der Waals surface area contributed by atoms with Gasteiger partial charge in [-0.3, -0.25) is 4.72 Å². The van der Waals surface area contributed by atoms with E-state index in [-0.39, 0.29) is 10.8 Å². The molecule has 102 valence electrons. The predicted octanol–water partition coefficient (Wildman–Crippen LogP) is 2.17. The minimum atomic E-state index is -3.69. The lowest BCUT2D eigenvalue weighted by Crippen LogP contribution is -2.14. The largest absolute Gasteiger partial charge is 0.336 e. The van der Waals surface area contributed by atoms with Crippen LogP contribution in [0.1, 0.15) is 12.6 Å². The Morgan fingerprint density at radius 3 is 2.74 bits per heavy atom. The van der Waals surface area contributed by atoms with Crippen molar-refractivity contribution in [3.05, 3.63) is 34.8 Å². The zero-order valence-electron chi connectivity index (χ0n) is 10.5. The summed E-state index contributed by atoms with van der Waals surface area (Å²) in [7, 11) is -3.69. The second kappa shape index (κ2) is 5.30. The Kier molecular flexibility index (Phi) is 3.91. The summed E-state index contributed by atoms with van der Waals surface area (Å²) in [6, 6.07) is 3.33. The number of nitrogens with zero attached hydrogens (tertiary/aromatic N) is 3. The van der Waals surface area contributed by atoms with Gasteiger partial charge in [-0.15, -0.1) is 0 Å². The molecule has 19 heavy (non-hydrogen) atoms. The number of pyridine rings is 1. The third-order valence-corrected chi connectivity index (χ3v) is 4.59. The molecule has 2 aromatic heterocycles. The topological polar surface area (TPSA) is 76.9 Å². The van der Waals surface area contributed by atoms with Crippen LogP contribution in [0, 0.1) is 6.92 Å². The van der Waals surface area contributed by atoms with Gasteiger partial charge in [0.1, 0.15) is 5.82 Å². The number of hydrogen-bond acceptors (Lipinski definition) is 4. The molecule has 6 nitrogen and oxygen atoms in total. The van der Waals surface area contributed by atoms with Crippen LogP contribution < -0.4 is 4.72 Å². The molecule has 0 aromatic carbocycles. The number of nitrogens with one attached hydrogen (secondary N) is 1. The molecular formula is C11H13BrN4O2S. The number of rotatable bonds is 4. The average Bonchev–Trinajstić information content (AvgIpc) is 2.83. The summed E-state index contributed by atoms with van der Waals surface area (Å²) in [4.78, 5) is 8.01. The van der Waals surface area contributed by atoms with E-state index in [0.29, 0.717) is 12.2 Å². The van der Waals surface area contributed by atoms with E-state index < -0.39 is 10.0 Å². The number of imidazole rings is 1. The molecule has 0 aliphatic carbocycles. The first-order valence-corrected chi connectivity index (χ1v) is 7.87. The molecule has 8 heteroatoms. The molecule has 2 aromatic rings. The van der Waals surface area contributed by atoms with Crippen molar-refractivity contribution >= 4 is 31.8 Å². The van der Waals surface area contributed by atoms with Gasteiger partial charge in [-0.1, -0.05) is 0 Å². The Morgan fingerprint density at radius 1 is 1.42 bits per heavy atom. The number of hydrogen-bond donors (Lipinski definition) is 1. The van der Waals surface area contributed by atoms with E-state index in [1.807, 2.05) is 6.92 Å². The molecule has 0 amide bonds. The maximum Gasteiger partial charge on any atom is 0.282 e. The summed E-state index contributed by atoms with van der Waals surface area (Å²) in [6.07, 6.45) is 2.96. The lowest BCUT2D eigenvalue weighted by molar-refractivity contribution is 0.597. The molecule has 0 aliphatic heterocycles. The Balaban J connectivity index is 2.28. The van der Waals surface area contributed by atoms with Crippen LogP contribution in [0.4, 0.5) is 5.82 Å². The van der Waals surface area contributed by atoms with Crippen molar-refractivity contribution < 1.29 is 8.42 Å². The number of halogens is 1. The monoisotopic (exact) mass is 344 g/mol. The average molecular weight is 345 g/mol. The zero-order chi connectivity index (χ0) is 14.0. The maximum absolute atomic E-state index is 12.1. The summed E-state index contributed by atoms with van der Waals surface area (Å²) in [5.74, 6) is 0.270. The molecule has 0 saturated heterocycles. The van der Waals surface area contributed by atoms with Crippen molar-refractivity contribution in [3.8, 4) is 0 Å². The van der Waals surface area contributed by atoms with Crippen molar-refractivity contribution in [1.82, 2.24) is 14.5 Å². The fourth-order valence-electron chi connectivity index (χ4n) is 1.44. The standard InChI is InChI=1S/C11H13BrN4O2S/c1-3-16-6-11(13-7-16)19(17,18)15-10-5-4-9(12)8(2)14-10/h4-7H,3H2,1-2H3,(H,14,15). The normalized spacial score (nSPS) is 11.5. The van der Waals surface area contributed by atoms with Crippen LogP contribution >= 0.6 is 15.9 Å². The Labute approximate surface area is 120 Å². The molecule has 0 radical (unpaired) electrons. The van der Waals surface area contributed by atoms with Gasteiger partial charge in [-0.2, -0.15) is 8.42 Å². The molecule has 0 spiro atoms. The van der Waals surface area contributed by atoms with Gasteiger partial charge in [0.25, 0.3) is 10.0 Å². The van der Waals surface area contributed by atoms with Gasteiger partial charge < -0.3 is 4.57 Å². The van der Waals surface area contributed by atoms with E-state index in [0.717, 1.165) is 4.47 Å². The summed E-state index contributed by atoms with van der Waals surface area (Å²) in [5.41, 5.74) is 0.708. The lowest BCUT2D eigenvalue weighted by Gasteiger charge is -2.06. The van der Waals surface area contributed by atoms with Gasteiger partial charge in [0.05, 0.1) is 12.0 Å². The van der Waals surface area contributed by atoms with E-state index in [4.69, 9.17) is 0 Å². The van der Waals surface area contributed by atoms with Crippen LogP contribution in [-0.4, -0.2) is 23.0 Å². The number of anilines is 1. The van der Waals surface area contributed by atoms with Crippen LogP contribution in [-0.2, 0) is 16.6 Å². The van der Waals surface area contributed by atoms with Crippen molar-refractivity contribution in [3.63, 3.8) is 0 Å². The highest BCUT2D eigenvalue weighted by Crippen LogP contribution is 2.18. The van der Waals surface area contributed by atoms with E-state index >= 15 is 0 Å². The van der Waals surface area contributed by atoms with Crippen LogP contribution in [0.25, 0.3) is 0 Å². The van der Waals surface area contributed by atoms with E-state index in [1.165, 1.54) is 12.5 Å². The van der Waals surface area contributed by atoms with Crippen molar-refractivity contribution in [1.29, 1.82) is 0 Å². The highest BCUT2D eigenvalue weighted by molar-refractivity contribution is 9.10. The van der Waals surface area contributed by atoms with Gasteiger partial charge in [0.15, 0.2) is 5.03 Å². The summed E-state index contributed by atoms with van der Waals surface area (Å²) >= 11 is 3.31. The fourth-order valence-corrected chi connectivity index (χ4v) is 2.62. The Morgan fingerprint density at radius 2 is 2.16 bits per heavy atom. The highest BCUT2D eigenvalue weighted by atomic mass is 79.9. The van der Waals surface area contributed by atoms with Crippen LogP contribution in [0.3, 0.4) is 0 Å². The Bertz CT molecular complexity index is 696. The minimum absolute atomic E-state index is 0.0169. The molecule has 0 unspecified atom stereocenters. The van der Waals surface area contributed by atoms with Crippen molar-refractivity contribution in [2.24, 2.45) is 0 Å². The first kappa shape index (κ1) is 14.0. The molecular weight excluding hydrogens is 332 g/mol. The van der Waals surface area contributed by atoms with Gasteiger partial charge in [-0.25, -0.2) is 9.97 Å². The zero-order valence-corrected chi connectivity index (χ0v) is 12.9. The van der Waals surface area contributed by atoms with Crippen LogP contribution in [0.5, 0.6) is 0 Å². The third-order valence-electron chi connectivity index (χ3n) is 2.51. The molecule has 2 heterocycles. The first-order chi connectivity index (χ1) is 8.92. The molecule has 0 bridgehead atoms. The summed E-state index contributed by atoms with van der Waals surface area (Å²) in [6.45, 7) is 4.36. The number of aromatic nitrogens is 3.